The number of urea groups is 1. The molecule has 5 nitrogen and oxygen atoms in total. The van der Waals surface area contributed by atoms with Crippen molar-refractivity contribution in [1.82, 2.24) is 10.6 Å². The third-order valence-corrected chi connectivity index (χ3v) is 3.49. The lowest BCUT2D eigenvalue weighted by Crippen LogP contribution is -2.45. The zero-order valence-electron chi connectivity index (χ0n) is 13.6. The summed E-state index contributed by atoms with van der Waals surface area (Å²) in [6.07, 6.45) is 0.469. The number of carbonyl (C=O) groups is 1. The summed E-state index contributed by atoms with van der Waals surface area (Å²) in [7, 11) is 0. The molecular formula is C16H24F2N2O3. The van der Waals surface area contributed by atoms with Crippen molar-refractivity contribution in [2.45, 2.75) is 45.9 Å². The first kappa shape index (κ1) is 19.2. The molecule has 0 radical (unpaired) electrons. The fourth-order valence-electron chi connectivity index (χ4n) is 2.16. The molecule has 7 heteroatoms. The van der Waals surface area contributed by atoms with E-state index in [1.165, 1.54) is 12.1 Å². The first-order valence-electron chi connectivity index (χ1n) is 7.56. The molecule has 0 aromatic heterocycles. The van der Waals surface area contributed by atoms with Gasteiger partial charge in [-0.2, -0.15) is 8.78 Å². The van der Waals surface area contributed by atoms with Gasteiger partial charge in [-0.15, -0.1) is 0 Å². The highest BCUT2D eigenvalue weighted by Crippen LogP contribution is 2.20. The average molecular weight is 330 g/mol. The monoisotopic (exact) mass is 330 g/mol. The highest BCUT2D eigenvalue weighted by molar-refractivity contribution is 5.74. The van der Waals surface area contributed by atoms with Gasteiger partial charge in [-0.3, -0.25) is 0 Å². The Kier molecular flexibility index (Phi) is 7.74. The number of carbonyl (C=O) groups excluding carboxylic acids is 1. The van der Waals surface area contributed by atoms with Gasteiger partial charge in [-0.05, 0) is 37.0 Å². The van der Waals surface area contributed by atoms with Gasteiger partial charge in [0.05, 0.1) is 6.04 Å². The number of amides is 2. The van der Waals surface area contributed by atoms with Crippen LogP contribution in [0, 0.1) is 5.92 Å². The van der Waals surface area contributed by atoms with Crippen molar-refractivity contribution in [1.29, 1.82) is 0 Å². The Labute approximate surface area is 135 Å². The second kappa shape index (κ2) is 9.29. The molecular weight excluding hydrogens is 306 g/mol. The van der Waals surface area contributed by atoms with Crippen LogP contribution in [0.4, 0.5) is 13.6 Å². The van der Waals surface area contributed by atoms with Gasteiger partial charge >= 0.3 is 12.6 Å². The van der Waals surface area contributed by atoms with Gasteiger partial charge in [-0.1, -0.05) is 26.0 Å². The van der Waals surface area contributed by atoms with Gasteiger partial charge < -0.3 is 20.5 Å². The fraction of sp³-hybridized carbons (Fsp3) is 0.562. The minimum Gasteiger partial charge on any atom is -0.435 e. The maximum absolute atomic E-state index is 12.2. The van der Waals surface area contributed by atoms with Crippen LogP contribution in [0.15, 0.2) is 24.3 Å². The second-order valence-corrected chi connectivity index (χ2v) is 5.65. The first-order chi connectivity index (χ1) is 10.8. The molecule has 0 saturated carbocycles. The van der Waals surface area contributed by atoms with Crippen molar-refractivity contribution < 1.29 is 23.4 Å². The number of rotatable bonds is 8. The normalized spacial score (nSPS) is 13.7. The molecule has 1 rings (SSSR count). The number of aliphatic hydroxyl groups is 1. The summed E-state index contributed by atoms with van der Waals surface area (Å²) in [6.45, 7) is 2.76. The number of ether oxygens (including phenoxy) is 1. The largest absolute Gasteiger partial charge is 0.435 e. The smallest absolute Gasteiger partial charge is 0.387 e. The molecule has 1 aromatic carbocycles. The molecule has 0 spiro atoms. The van der Waals surface area contributed by atoms with Gasteiger partial charge in [0.25, 0.3) is 0 Å². The Balaban J connectivity index is 2.64. The molecule has 0 aliphatic heterocycles. The highest BCUT2D eigenvalue weighted by Gasteiger charge is 2.17. The van der Waals surface area contributed by atoms with Crippen LogP contribution in [0.1, 0.15) is 38.8 Å². The lowest BCUT2D eigenvalue weighted by molar-refractivity contribution is -0.0499. The van der Waals surface area contributed by atoms with Gasteiger partial charge in [0.15, 0.2) is 0 Å². The van der Waals surface area contributed by atoms with Crippen molar-refractivity contribution in [3.63, 3.8) is 0 Å². The maximum atomic E-state index is 12.2. The SMILES string of the molecule is CC(NC(=O)NC(CCO)C(C)C)c1cccc(OC(F)F)c1. The number of nitrogens with one attached hydrogen (secondary N) is 2. The fourth-order valence-corrected chi connectivity index (χ4v) is 2.16. The van der Waals surface area contributed by atoms with Gasteiger partial charge in [0.2, 0.25) is 0 Å². The van der Waals surface area contributed by atoms with E-state index in [1.54, 1.807) is 19.1 Å². The predicted octanol–water partition coefficient (Wildman–Crippen LogP) is 3.06. The van der Waals surface area contributed by atoms with Crippen LogP contribution >= 0.6 is 0 Å². The number of aliphatic hydroxyl groups excluding tert-OH is 1. The third kappa shape index (κ3) is 6.81. The quantitative estimate of drug-likeness (QED) is 0.686. The predicted molar refractivity (Wildman–Crippen MR) is 83.5 cm³/mol. The molecule has 0 saturated heterocycles. The molecule has 0 aliphatic rings. The minimum atomic E-state index is -2.89. The Hall–Kier alpha value is -1.89. The summed E-state index contributed by atoms with van der Waals surface area (Å²) in [5.74, 6) is 0.234. The first-order valence-corrected chi connectivity index (χ1v) is 7.56. The van der Waals surface area contributed by atoms with E-state index in [0.717, 1.165) is 0 Å². The van der Waals surface area contributed by atoms with Crippen LogP contribution in [0.5, 0.6) is 5.75 Å². The van der Waals surface area contributed by atoms with E-state index in [-0.39, 0.29) is 36.4 Å². The van der Waals surface area contributed by atoms with E-state index in [0.29, 0.717) is 12.0 Å². The Morgan fingerprint density at radius 3 is 2.52 bits per heavy atom. The number of benzene rings is 1. The summed E-state index contributed by atoms with van der Waals surface area (Å²) in [5, 5.41) is 14.6. The molecule has 2 unspecified atom stereocenters. The highest BCUT2D eigenvalue weighted by atomic mass is 19.3. The van der Waals surface area contributed by atoms with E-state index in [9.17, 15) is 13.6 Å². The van der Waals surface area contributed by atoms with Gasteiger partial charge in [0.1, 0.15) is 5.75 Å². The van der Waals surface area contributed by atoms with E-state index in [4.69, 9.17) is 5.11 Å². The van der Waals surface area contributed by atoms with E-state index in [2.05, 4.69) is 15.4 Å². The van der Waals surface area contributed by atoms with Crippen molar-refractivity contribution in [3.05, 3.63) is 29.8 Å². The van der Waals surface area contributed by atoms with Crippen molar-refractivity contribution >= 4 is 6.03 Å². The number of hydrogen-bond donors (Lipinski definition) is 3. The lowest BCUT2D eigenvalue weighted by Gasteiger charge is -2.23. The van der Waals surface area contributed by atoms with Crippen LogP contribution in [0.25, 0.3) is 0 Å². The Morgan fingerprint density at radius 2 is 1.96 bits per heavy atom. The molecule has 1 aromatic rings. The standard InChI is InChI=1S/C16H24F2N2O3/c1-10(2)14(7-8-21)20-16(22)19-11(3)12-5-4-6-13(9-12)23-15(17)18/h4-6,9-11,14-15,21H,7-8H2,1-3H3,(H2,19,20,22). The number of alkyl halides is 2. The number of halogens is 2. The summed E-state index contributed by atoms with van der Waals surface area (Å²) < 4.78 is 28.8. The van der Waals surface area contributed by atoms with Crippen molar-refractivity contribution in [2.24, 2.45) is 5.92 Å². The summed E-state index contributed by atoms with van der Waals surface area (Å²) >= 11 is 0. The lowest BCUT2D eigenvalue weighted by atomic mass is 10.0. The molecule has 23 heavy (non-hydrogen) atoms. The van der Waals surface area contributed by atoms with Gasteiger partial charge in [0, 0.05) is 12.6 Å². The molecule has 2 atom stereocenters. The molecule has 0 aliphatic carbocycles. The molecule has 0 heterocycles. The van der Waals surface area contributed by atoms with Crippen LogP contribution < -0.4 is 15.4 Å². The van der Waals surface area contributed by atoms with Gasteiger partial charge in [-0.25, -0.2) is 4.79 Å². The maximum Gasteiger partial charge on any atom is 0.387 e. The average Bonchev–Trinajstić information content (AvgIpc) is 2.46. The number of hydrogen-bond acceptors (Lipinski definition) is 3. The zero-order chi connectivity index (χ0) is 17.4. The molecule has 2 amide bonds. The van der Waals surface area contributed by atoms with Crippen LogP contribution in [-0.2, 0) is 0 Å². The van der Waals surface area contributed by atoms with Crippen LogP contribution in [-0.4, -0.2) is 30.4 Å². The van der Waals surface area contributed by atoms with Crippen LogP contribution in [0.2, 0.25) is 0 Å². The Morgan fingerprint density at radius 1 is 1.26 bits per heavy atom. The molecule has 3 N–H and O–H groups in total. The second-order valence-electron chi connectivity index (χ2n) is 5.65. The zero-order valence-corrected chi connectivity index (χ0v) is 13.6. The molecule has 0 fully saturated rings. The van der Waals surface area contributed by atoms with Crippen molar-refractivity contribution in [2.75, 3.05) is 6.61 Å². The van der Waals surface area contributed by atoms with Crippen molar-refractivity contribution in [3.8, 4) is 5.75 Å². The molecule has 130 valence electrons. The van der Waals surface area contributed by atoms with Crippen LogP contribution in [0.3, 0.4) is 0 Å². The van der Waals surface area contributed by atoms with E-state index >= 15 is 0 Å². The van der Waals surface area contributed by atoms with E-state index < -0.39 is 6.61 Å². The van der Waals surface area contributed by atoms with E-state index in [1.807, 2.05) is 13.8 Å². The Bertz CT molecular complexity index is 498. The third-order valence-electron chi connectivity index (χ3n) is 3.49. The summed E-state index contributed by atoms with van der Waals surface area (Å²) in [4.78, 5) is 12.0. The summed E-state index contributed by atoms with van der Waals surface area (Å²) in [5.41, 5.74) is 0.654. The topological polar surface area (TPSA) is 70.6 Å². The summed E-state index contributed by atoms with van der Waals surface area (Å²) in [6, 6.07) is 5.31. The minimum absolute atomic E-state index is 0.00824. The molecule has 0 bridgehead atoms.